The van der Waals surface area contributed by atoms with Crippen LogP contribution in [0.1, 0.15) is 43.9 Å². The summed E-state index contributed by atoms with van der Waals surface area (Å²) in [5, 5.41) is 2.78. The van der Waals surface area contributed by atoms with Crippen LogP contribution in [0.25, 0.3) is 0 Å². The molecule has 0 spiro atoms. The second-order valence-corrected chi connectivity index (χ2v) is 5.30. The largest absolute Gasteiger partial charge is 0.416 e. The van der Waals surface area contributed by atoms with E-state index in [0.717, 1.165) is 12.1 Å². The molecule has 118 valence electrons. The van der Waals surface area contributed by atoms with Crippen molar-refractivity contribution < 1.29 is 18.0 Å². The molecule has 1 atom stereocenters. The maximum Gasteiger partial charge on any atom is 0.416 e. The Morgan fingerprint density at radius 3 is 2.52 bits per heavy atom. The normalized spacial score (nSPS) is 13.3. The number of nitrogens with two attached hydrogens (primary N) is 1. The zero-order valence-electron chi connectivity index (χ0n) is 12.2. The van der Waals surface area contributed by atoms with Gasteiger partial charge in [-0.1, -0.05) is 26.0 Å². The molecule has 3 nitrogen and oxygen atoms in total. The number of halogens is 3. The van der Waals surface area contributed by atoms with Crippen molar-refractivity contribution >= 4 is 5.91 Å². The molecule has 0 fully saturated rings. The van der Waals surface area contributed by atoms with Crippen molar-refractivity contribution in [1.29, 1.82) is 0 Å². The highest BCUT2D eigenvalue weighted by molar-refractivity contribution is 5.76. The summed E-state index contributed by atoms with van der Waals surface area (Å²) in [6.07, 6.45) is -3.56. The van der Waals surface area contributed by atoms with Gasteiger partial charge in [0.25, 0.3) is 0 Å². The van der Waals surface area contributed by atoms with Crippen LogP contribution < -0.4 is 11.1 Å². The van der Waals surface area contributed by atoms with Gasteiger partial charge in [0.1, 0.15) is 0 Å². The van der Waals surface area contributed by atoms with E-state index in [0.29, 0.717) is 18.5 Å². The summed E-state index contributed by atoms with van der Waals surface area (Å²) >= 11 is 0. The van der Waals surface area contributed by atoms with Gasteiger partial charge in [-0.3, -0.25) is 4.79 Å². The van der Waals surface area contributed by atoms with Gasteiger partial charge >= 0.3 is 6.18 Å². The quantitative estimate of drug-likeness (QED) is 0.847. The van der Waals surface area contributed by atoms with Crippen molar-refractivity contribution in [3.63, 3.8) is 0 Å². The van der Waals surface area contributed by atoms with Crippen molar-refractivity contribution in [3.05, 3.63) is 35.4 Å². The van der Waals surface area contributed by atoms with E-state index in [-0.39, 0.29) is 18.2 Å². The van der Waals surface area contributed by atoms with Gasteiger partial charge in [-0.25, -0.2) is 0 Å². The third-order valence-electron chi connectivity index (χ3n) is 3.16. The molecule has 0 aromatic heterocycles. The van der Waals surface area contributed by atoms with Crippen LogP contribution in [-0.4, -0.2) is 12.5 Å². The Kier molecular flexibility index (Phi) is 6.20. The Morgan fingerprint density at radius 1 is 1.33 bits per heavy atom. The highest BCUT2D eigenvalue weighted by atomic mass is 19.4. The van der Waals surface area contributed by atoms with Crippen LogP contribution in [0.3, 0.4) is 0 Å². The van der Waals surface area contributed by atoms with Crippen LogP contribution in [-0.2, 0) is 11.0 Å². The van der Waals surface area contributed by atoms with E-state index in [4.69, 9.17) is 5.73 Å². The molecule has 0 aliphatic heterocycles. The van der Waals surface area contributed by atoms with E-state index < -0.39 is 17.8 Å². The van der Waals surface area contributed by atoms with Crippen molar-refractivity contribution in [1.82, 2.24) is 5.32 Å². The second kappa shape index (κ2) is 7.45. The molecule has 0 aliphatic carbocycles. The van der Waals surface area contributed by atoms with Crippen molar-refractivity contribution in [2.24, 2.45) is 11.7 Å². The first-order valence-electron chi connectivity index (χ1n) is 6.92. The number of hydrogen-bond acceptors (Lipinski definition) is 2. The maximum absolute atomic E-state index is 12.8. The SMILES string of the molecule is CC(C)C(NC(=O)CCCN)c1cccc(C(F)(F)F)c1. The molecule has 21 heavy (non-hydrogen) atoms. The molecule has 1 rings (SSSR count). The van der Waals surface area contributed by atoms with Gasteiger partial charge in [0.05, 0.1) is 11.6 Å². The lowest BCUT2D eigenvalue weighted by Crippen LogP contribution is -2.32. The number of amides is 1. The number of carbonyl (C=O) groups is 1. The highest BCUT2D eigenvalue weighted by Crippen LogP contribution is 2.32. The van der Waals surface area contributed by atoms with E-state index in [1.807, 2.05) is 13.8 Å². The molecule has 0 heterocycles. The van der Waals surface area contributed by atoms with Crippen LogP contribution in [0.5, 0.6) is 0 Å². The highest BCUT2D eigenvalue weighted by Gasteiger charge is 2.31. The zero-order valence-corrected chi connectivity index (χ0v) is 12.2. The number of rotatable bonds is 6. The third-order valence-corrected chi connectivity index (χ3v) is 3.16. The fraction of sp³-hybridized carbons (Fsp3) is 0.533. The van der Waals surface area contributed by atoms with Crippen LogP contribution in [0.2, 0.25) is 0 Å². The van der Waals surface area contributed by atoms with Gasteiger partial charge < -0.3 is 11.1 Å². The minimum Gasteiger partial charge on any atom is -0.349 e. The summed E-state index contributed by atoms with van der Waals surface area (Å²) < 4.78 is 38.3. The smallest absolute Gasteiger partial charge is 0.349 e. The number of carbonyl (C=O) groups excluding carboxylic acids is 1. The summed E-state index contributed by atoms with van der Waals surface area (Å²) in [5.74, 6) is -0.216. The average Bonchev–Trinajstić information content (AvgIpc) is 2.41. The first-order chi connectivity index (χ1) is 9.75. The summed E-state index contributed by atoms with van der Waals surface area (Å²) in [5.41, 5.74) is 5.09. The summed E-state index contributed by atoms with van der Waals surface area (Å²) in [6.45, 7) is 4.12. The fourth-order valence-corrected chi connectivity index (χ4v) is 2.05. The predicted octanol–water partition coefficient (Wildman–Crippen LogP) is 3.26. The first kappa shape index (κ1) is 17.5. The van der Waals surface area contributed by atoms with Gasteiger partial charge in [-0.2, -0.15) is 13.2 Å². The minimum absolute atomic E-state index is 0.0182. The fourth-order valence-electron chi connectivity index (χ4n) is 2.05. The summed E-state index contributed by atoms with van der Waals surface area (Å²) in [4.78, 5) is 11.8. The minimum atomic E-state index is -4.39. The Hall–Kier alpha value is -1.56. The molecular weight excluding hydrogens is 281 g/mol. The standard InChI is InChI=1S/C15H21F3N2O/c1-10(2)14(20-13(21)7-4-8-19)11-5-3-6-12(9-11)15(16,17)18/h3,5-6,9-10,14H,4,7-8,19H2,1-2H3,(H,20,21). The summed E-state index contributed by atoms with van der Waals surface area (Å²) in [6, 6.07) is 4.63. The lowest BCUT2D eigenvalue weighted by Gasteiger charge is -2.24. The molecule has 1 amide bonds. The summed E-state index contributed by atoms with van der Waals surface area (Å²) in [7, 11) is 0. The van der Waals surface area contributed by atoms with E-state index in [1.54, 1.807) is 6.07 Å². The molecule has 0 bridgehead atoms. The molecular formula is C15H21F3N2O. The van der Waals surface area contributed by atoms with Gasteiger partial charge in [-0.15, -0.1) is 0 Å². The Labute approximate surface area is 122 Å². The van der Waals surface area contributed by atoms with E-state index in [9.17, 15) is 18.0 Å². The monoisotopic (exact) mass is 302 g/mol. The van der Waals surface area contributed by atoms with Gasteiger partial charge in [-0.05, 0) is 36.6 Å². The molecule has 0 saturated carbocycles. The first-order valence-corrected chi connectivity index (χ1v) is 6.92. The molecule has 0 radical (unpaired) electrons. The van der Waals surface area contributed by atoms with Crippen LogP contribution in [0.4, 0.5) is 13.2 Å². The van der Waals surface area contributed by atoms with Crippen LogP contribution >= 0.6 is 0 Å². The van der Waals surface area contributed by atoms with Crippen molar-refractivity contribution in [2.75, 3.05) is 6.54 Å². The molecule has 1 aromatic carbocycles. The zero-order chi connectivity index (χ0) is 16.0. The molecule has 1 aromatic rings. The lowest BCUT2D eigenvalue weighted by molar-refractivity contribution is -0.137. The van der Waals surface area contributed by atoms with E-state index >= 15 is 0 Å². The molecule has 0 saturated heterocycles. The molecule has 1 unspecified atom stereocenters. The number of alkyl halides is 3. The maximum atomic E-state index is 12.8. The molecule has 6 heteroatoms. The van der Waals surface area contributed by atoms with E-state index in [1.165, 1.54) is 6.07 Å². The van der Waals surface area contributed by atoms with Gasteiger partial charge in [0, 0.05) is 6.42 Å². The predicted molar refractivity (Wildman–Crippen MR) is 75.5 cm³/mol. The molecule has 0 aliphatic rings. The van der Waals surface area contributed by atoms with Gasteiger partial charge in [0.15, 0.2) is 0 Å². The van der Waals surface area contributed by atoms with Crippen LogP contribution in [0, 0.1) is 5.92 Å². The number of nitrogens with one attached hydrogen (secondary N) is 1. The Balaban J connectivity index is 2.93. The third kappa shape index (κ3) is 5.38. The Morgan fingerprint density at radius 2 is 2.00 bits per heavy atom. The van der Waals surface area contributed by atoms with Crippen molar-refractivity contribution in [2.45, 2.75) is 38.9 Å². The number of benzene rings is 1. The lowest BCUT2D eigenvalue weighted by atomic mass is 9.94. The topological polar surface area (TPSA) is 55.1 Å². The average molecular weight is 302 g/mol. The van der Waals surface area contributed by atoms with Gasteiger partial charge in [0.2, 0.25) is 5.91 Å². The van der Waals surface area contributed by atoms with Crippen LogP contribution in [0.15, 0.2) is 24.3 Å². The molecule has 3 N–H and O–H groups in total. The Bertz CT molecular complexity index is 472. The van der Waals surface area contributed by atoms with E-state index in [2.05, 4.69) is 5.32 Å². The van der Waals surface area contributed by atoms with Crippen molar-refractivity contribution in [3.8, 4) is 0 Å². The second-order valence-electron chi connectivity index (χ2n) is 5.30. The number of hydrogen-bond donors (Lipinski definition) is 2.